The predicted octanol–water partition coefficient (Wildman–Crippen LogP) is 2.18. The molecule has 0 saturated heterocycles. The molecule has 28 heavy (non-hydrogen) atoms. The van der Waals surface area contributed by atoms with Crippen molar-refractivity contribution in [3.05, 3.63) is 59.7 Å². The first-order valence-electron chi connectivity index (χ1n) is 7.78. The zero-order chi connectivity index (χ0) is 20.6. The summed E-state index contributed by atoms with van der Waals surface area (Å²) < 4.78 is 47.9. The van der Waals surface area contributed by atoms with Crippen molar-refractivity contribution in [2.45, 2.75) is 6.18 Å². The van der Waals surface area contributed by atoms with Gasteiger partial charge in [0, 0.05) is 0 Å². The maximum absolute atomic E-state index is 12.6. The summed E-state index contributed by atoms with van der Waals surface area (Å²) in [5, 5.41) is 8.68. The fourth-order valence-corrected chi connectivity index (χ4v) is 1.90. The molecule has 0 heterocycles. The third-order valence-corrected chi connectivity index (χ3v) is 3.23. The van der Waals surface area contributed by atoms with Crippen LogP contribution in [0.4, 0.5) is 13.2 Å². The molecule has 7 nitrogen and oxygen atoms in total. The van der Waals surface area contributed by atoms with E-state index in [1.54, 1.807) is 0 Å². The molecule has 10 heteroatoms. The normalized spacial score (nSPS) is 10.5. The topological polar surface area (TPSA) is 100 Å². The summed E-state index contributed by atoms with van der Waals surface area (Å²) in [5.41, 5.74) is 3.65. The van der Waals surface area contributed by atoms with Crippen LogP contribution >= 0.6 is 0 Å². The highest BCUT2D eigenvalue weighted by Gasteiger charge is 2.30. The first kappa shape index (κ1) is 20.6. The molecule has 2 N–H and O–H groups in total. The van der Waals surface area contributed by atoms with Crippen LogP contribution in [0.5, 0.6) is 11.5 Å². The van der Waals surface area contributed by atoms with Crippen molar-refractivity contribution in [1.29, 1.82) is 5.26 Å². The number of hydrogen-bond donors (Lipinski definition) is 2. The number of carbonyl (C=O) groups excluding carboxylic acids is 2. The lowest BCUT2D eigenvalue weighted by atomic mass is 10.2. The molecule has 2 rings (SSSR count). The zero-order valence-corrected chi connectivity index (χ0v) is 14.2. The molecule has 2 aromatic rings. The molecular weight excluding hydrogens is 379 g/mol. The molecule has 0 aliphatic heterocycles. The van der Waals surface area contributed by atoms with Crippen molar-refractivity contribution in [1.82, 2.24) is 10.9 Å². The second-order valence-corrected chi connectivity index (χ2v) is 5.34. The minimum absolute atomic E-state index is 0.138. The summed E-state index contributed by atoms with van der Waals surface area (Å²) in [6, 6.07) is 12.0. The van der Waals surface area contributed by atoms with E-state index in [-0.39, 0.29) is 5.75 Å². The monoisotopic (exact) mass is 393 g/mol. The van der Waals surface area contributed by atoms with E-state index in [0.717, 1.165) is 18.2 Å². The van der Waals surface area contributed by atoms with Gasteiger partial charge in [-0.3, -0.25) is 20.4 Å². The first-order valence-corrected chi connectivity index (χ1v) is 7.78. The predicted molar refractivity (Wildman–Crippen MR) is 89.9 cm³/mol. The molecule has 2 aromatic carbocycles. The van der Waals surface area contributed by atoms with E-state index in [2.05, 4.69) is 5.43 Å². The van der Waals surface area contributed by atoms with E-state index in [9.17, 15) is 22.8 Å². The molecule has 0 atom stereocenters. The van der Waals surface area contributed by atoms with Crippen LogP contribution in [0.25, 0.3) is 0 Å². The SMILES string of the molecule is N#Cc1ccc(OCC(=O)NNC(=O)COc2cccc(C(F)(F)F)c2)cc1. The van der Waals surface area contributed by atoms with Crippen molar-refractivity contribution < 1.29 is 32.2 Å². The van der Waals surface area contributed by atoms with Gasteiger partial charge in [-0.2, -0.15) is 18.4 Å². The van der Waals surface area contributed by atoms with Crippen LogP contribution in [0.1, 0.15) is 11.1 Å². The number of halogens is 3. The highest BCUT2D eigenvalue weighted by molar-refractivity contribution is 5.83. The molecule has 0 unspecified atom stereocenters. The Morgan fingerprint density at radius 1 is 0.929 bits per heavy atom. The van der Waals surface area contributed by atoms with Crippen LogP contribution < -0.4 is 20.3 Å². The lowest BCUT2D eigenvalue weighted by molar-refractivity contribution is -0.137. The van der Waals surface area contributed by atoms with Gasteiger partial charge in [0.05, 0.1) is 17.2 Å². The molecule has 0 fully saturated rings. The highest BCUT2D eigenvalue weighted by atomic mass is 19.4. The standard InChI is InChI=1S/C18H14F3N3O4/c19-18(20,21)13-2-1-3-15(8-13)28-11-17(26)24-23-16(25)10-27-14-6-4-12(9-22)5-7-14/h1-8H,10-11H2,(H,23,25)(H,24,26). The van der Waals surface area contributed by atoms with E-state index >= 15 is 0 Å². The van der Waals surface area contributed by atoms with Crippen LogP contribution in [-0.4, -0.2) is 25.0 Å². The highest BCUT2D eigenvalue weighted by Crippen LogP contribution is 2.31. The summed E-state index contributed by atoms with van der Waals surface area (Å²) in [4.78, 5) is 23.2. The zero-order valence-electron chi connectivity index (χ0n) is 14.2. The molecule has 0 aliphatic carbocycles. The lowest BCUT2D eigenvalue weighted by Gasteiger charge is -2.11. The van der Waals surface area contributed by atoms with Gasteiger partial charge in [0.1, 0.15) is 11.5 Å². The lowest BCUT2D eigenvalue weighted by Crippen LogP contribution is -2.45. The minimum Gasteiger partial charge on any atom is -0.484 e. The van der Waals surface area contributed by atoms with Gasteiger partial charge >= 0.3 is 6.18 Å². The summed E-state index contributed by atoms with van der Waals surface area (Å²) in [6.07, 6.45) is -4.52. The Bertz CT molecular complexity index is 877. The Morgan fingerprint density at radius 3 is 2.04 bits per heavy atom. The second kappa shape index (κ2) is 9.27. The minimum atomic E-state index is -4.52. The Kier molecular flexibility index (Phi) is 6.81. The Morgan fingerprint density at radius 2 is 1.50 bits per heavy atom. The number of nitrogens with one attached hydrogen (secondary N) is 2. The van der Waals surface area contributed by atoms with E-state index < -0.39 is 36.8 Å². The largest absolute Gasteiger partial charge is 0.484 e. The van der Waals surface area contributed by atoms with Gasteiger partial charge in [-0.15, -0.1) is 0 Å². The Balaban J connectivity index is 1.71. The molecule has 0 bridgehead atoms. The molecule has 0 aliphatic rings. The van der Waals surface area contributed by atoms with Crippen molar-refractivity contribution in [2.75, 3.05) is 13.2 Å². The van der Waals surface area contributed by atoms with Crippen molar-refractivity contribution >= 4 is 11.8 Å². The van der Waals surface area contributed by atoms with Crippen LogP contribution in [-0.2, 0) is 15.8 Å². The van der Waals surface area contributed by atoms with Gasteiger partial charge in [-0.25, -0.2) is 0 Å². The van der Waals surface area contributed by atoms with Gasteiger partial charge in [0.2, 0.25) is 0 Å². The molecule has 146 valence electrons. The van der Waals surface area contributed by atoms with E-state index in [1.807, 2.05) is 11.5 Å². The summed E-state index contributed by atoms with van der Waals surface area (Å²) in [7, 11) is 0. The third-order valence-electron chi connectivity index (χ3n) is 3.23. The number of benzene rings is 2. The van der Waals surface area contributed by atoms with Gasteiger partial charge in [0.15, 0.2) is 13.2 Å². The fraction of sp³-hybridized carbons (Fsp3) is 0.167. The van der Waals surface area contributed by atoms with Crippen molar-refractivity contribution in [3.8, 4) is 17.6 Å². The molecule has 0 radical (unpaired) electrons. The fourth-order valence-electron chi connectivity index (χ4n) is 1.90. The number of alkyl halides is 3. The van der Waals surface area contributed by atoms with Gasteiger partial charge in [-0.05, 0) is 42.5 Å². The summed E-state index contributed by atoms with van der Waals surface area (Å²) in [6.45, 7) is -1.00. The van der Waals surface area contributed by atoms with Gasteiger partial charge in [0.25, 0.3) is 11.8 Å². The average molecular weight is 393 g/mol. The number of hydrazine groups is 1. The van der Waals surface area contributed by atoms with E-state index in [4.69, 9.17) is 14.7 Å². The number of carbonyl (C=O) groups is 2. The first-order chi connectivity index (χ1) is 13.3. The van der Waals surface area contributed by atoms with E-state index in [0.29, 0.717) is 11.3 Å². The number of hydrogen-bond acceptors (Lipinski definition) is 5. The smallest absolute Gasteiger partial charge is 0.416 e. The average Bonchev–Trinajstić information content (AvgIpc) is 2.69. The van der Waals surface area contributed by atoms with Gasteiger partial charge < -0.3 is 9.47 Å². The number of rotatable bonds is 6. The number of amides is 2. The molecule has 2 amide bonds. The van der Waals surface area contributed by atoms with Crippen LogP contribution in [0.2, 0.25) is 0 Å². The number of ether oxygens (including phenoxy) is 2. The van der Waals surface area contributed by atoms with Crippen LogP contribution in [0.3, 0.4) is 0 Å². The van der Waals surface area contributed by atoms with Gasteiger partial charge in [-0.1, -0.05) is 6.07 Å². The molecular formula is C18H14F3N3O4. The van der Waals surface area contributed by atoms with Crippen LogP contribution in [0, 0.1) is 11.3 Å². The maximum Gasteiger partial charge on any atom is 0.416 e. The molecule has 0 aromatic heterocycles. The number of nitriles is 1. The van der Waals surface area contributed by atoms with Crippen LogP contribution in [0.15, 0.2) is 48.5 Å². The second-order valence-electron chi connectivity index (χ2n) is 5.34. The third kappa shape index (κ3) is 6.53. The Hall–Kier alpha value is -3.74. The number of nitrogens with zero attached hydrogens (tertiary/aromatic N) is 1. The van der Waals surface area contributed by atoms with E-state index in [1.165, 1.54) is 30.3 Å². The van der Waals surface area contributed by atoms with Crippen molar-refractivity contribution in [2.24, 2.45) is 0 Å². The summed E-state index contributed by atoms with van der Waals surface area (Å²) in [5.74, 6) is -1.23. The van der Waals surface area contributed by atoms with Crippen molar-refractivity contribution in [3.63, 3.8) is 0 Å². The molecule has 0 saturated carbocycles. The maximum atomic E-state index is 12.6. The summed E-state index contributed by atoms with van der Waals surface area (Å²) >= 11 is 0. The quantitative estimate of drug-likeness (QED) is 0.733. The Labute approximate surface area is 157 Å². The molecule has 0 spiro atoms.